The molecule has 1 aliphatic heterocycles. The number of Topliss-reactive ketones (excluding diaryl/α,β-unsaturated/α-hetero) is 1. The third-order valence-electron chi connectivity index (χ3n) is 3.54. The average Bonchev–Trinajstić information content (AvgIpc) is 2.90. The molecule has 9 heteroatoms. The van der Waals surface area contributed by atoms with Crippen LogP contribution in [-0.2, 0) is 4.79 Å². The van der Waals surface area contributed by atoms with Crippen LogP contribution in [0.3, 0.4) is 0 Å². The summed E-state index contributed by atoms with van der Waals surface area (Å²) < 4.78 is 0. The van der Waals surface area contributed by atoms with Gasteiger partial charge in [-0.15, -0.1) is 0 Å². The Balaban J connectivity index is 1.74. The smallest absolute Gasteiger partial charge is 0.292 e. The van der Waals surface area contributed by atoms with E-state index in [4.69, 9.17) is 0 Å². The molecule has 0 unspecified atom stereocenters. The number of nitro benzene ring substituents is 1. The normalized spacial score (nSPS) is 15.5. The van der Waals surface area contributed by atoms with Crippen molar-refractivity contribution in [3.63, 3.8) is 0 Å². The van der Waals surface area contributed by atoms with Crippen LogP contribution in [0.1, 0.15) is 16.1 Å². The highest BCUT2D eigenvalue weighted by molar-refractivity contribution is 8.18. The summed E-state index contributed by atoms with van der Waals surface area (Å²) in [6.07, 6.45) is 3.05. The van der Waals surface area contributed by atoms with Crippen molar-refractivity contribution in [1.29, 1.82) is 0 Å². The molecule has 2 aromatic rings. The first-order chi connectivity index (χ1) is 12.5. The number of thioether (sulfide) groups is 1. The van der Waals surface area contributed by atoms with Gasteiger partial charge in [-0.2, -0.15) is 0 Å². The van der Waals surface area contributed by atoms with Gasteiger partial charge in [-0.05, 0) is 42.1 Å². The predicted octanol–water partition coefficient (Wildman–Crippen LogP) is 2.91. The second-order valence-corrected chi connectivity index (χ2v) is 6.24. The number of imide groups is 1. The van der Waals surface area contributed by atoms with E-state index in [0.717, 1.165) is 16.7 Å². The number of benzene rings is 1. The van der Waals surface area contributed by atoms with Gasteiger partial charge < -0.3 is 0 Å². The number of amides is 2. The maximum absolute atomic E-state index is 12.4. The minimum absolute atomic E-state index is 0.147. The number of carbonyl (C=O) groups excluding carboxylic acids is 3. The van der Waals surface area contributed by atoms with Crippen LogP contribution in [-0.4, -0.2) is 38.3 Å². The number of hydrogen-bond acceptors (Lipinski definition) is 7. The SMILES string of the molecule is O=C(CN1C(=O)S/C(=C\c2ccccn2)C1=O)c1ccc([N+](=O)[O-])cc1. The third-order valence-corrected chi connectivity index (χ3v) is 4.45. The molecular formula is C17H11N3O5S. The molecule has 0 spiro atoms. The van der Waals surface area contributed by atoms with Gasteiger partial charge in [0.05, 0.1) is 22.1 Å². The highest BCUT2D eigenvalue weighted by Gasteiger charge is 2.36. The Kier molecular flexibility index (Phi) is 4.90. The Labute approximate surface area is 151 Å². The van der Waals surface area contributed by atoms with Crippen LogP contribution < -0.4 is 0 Å². The van der Waals surface area contributed by atoms with E-state index in [1.54, 1.807) is 24.4 Å². The quantitative estimate of drug-likeness (QED) is 0.345. The number of nitro groups is 1. The molecule has 1 aromatic carbocycles. The molecule has 26 heavy (non-hydrogen) atoms. The van der Waals surface area contributed by atoms with E-state index in [0.29, 0.717) is 5.69 Å². The van der Waals surface area contributed by atoms with Crippen LogP contribution in [0.5, 0.6) is 0 Å². The molecule has 0 radical (unpaired) electrons. The van der Waals surface area contributed by atoms with Crippen LogP contribution in [0.2, 0.25) is 0 Å². The van der Waals surface area contributed by atoms with Gasteiger partial charge in [0.2, 0.25) is 0 Å². The lowest BCUT2D eigenvalue weighted by atomic mass is 10.1. The Morgan fingerprint density at radius 3 is 2.54 bits per heavy atom. The van der Waals surface area contributed by atoms with E-state index < -0.39 is 28.4 Å². The summed E-state index contributed by atoms with van der Waals surface area (Å²) in [7, 11) is 0. The summed E-state index contributed by atoms with van der Waals surface area (Å²) in [5.74, 6) is -1.05. The van der Waals surface area contributed by atoms with Crippen molar-refractivity contribution in [3.8, 4) is 0 Å². The summed E-state index contributed by atoms with van der Waals surface area (Å²) >= 11 is 0.737. The Hall–Kier alpha value is -3.33. The van der Waals surface area contributed by atoms with Crippen molar-refractivity contribution in [2.24, 2.45) is 0 Å². The first kappa shape index (κ1) is 17.5. The number of nitrogens with zero attached hydrogens (tertiary/aromatic N) is 3. The zero-order valence-corrected chi connectivity index (χ0v) is 14.0. The summed E-state index contributed by atoms with van der Waals surface area (Å²) in [6.45, 7) is -0.429. The minimum atomic E-state index is -0.576. The van der Waals surface area contributed by atoms with E-state index >= 15 is 0 Å². The molecule has 2 amide bonds. The standard InChI is InChI=1S/C17H11N3O5S/c21-14(11-4-6-13(7-5-11)20(24)25)10-19-16(22)15(26-17(19)23)9-12-3-1-2-8-18-12/h1-9H,10H2/b15-9-. The van der Waals surface area contributed by atoms with Crippen LogP contribution >= 0.6 is 11.8 Å². The first-order valence-corrected chi connectivity index (χ1v) is 8.21. The van der Waals surface area contributed by atoms with Gasteiger partial charge in [-0.1, -0.05) is 6.07 Å². The van der Waals surface area contributed by atoms with Crippen molar-refractivity contribution in [2.45, 2.75) is 0 Å². The molecule has 0 aliphatic carbocycles. The lowest BCUT2D eigenvalue weighted by Gasteiger charge is -2.11. The zero-order valence-electron chi connectivity index (χ0n) is 13.2. The first-order valence-electron chi connectivity index (χ1n) is 7.40. The van der Waals surface area contributed by atoms with Crippen molar-refractivity contribution in [2.75, 3.05) is 6.54 Å². The van der Waals surface area contributed by atoms with E-state index in [2.05, 4.69) is 4.98 Å². The maximum Gasteiger partial charge on any atom is 0.293 e. The second kappa shape index (κ2) is 7.28. The lowest BCUT2D eigenvalue weighted by molar-refractivity contribution is -0.384. The number of rotatable bonds is 5. The number of pyridine rings is 1. The van der Waals surface area contributed by atoms with E-state index in [1.165, 1.54) is 30.3 Å². The van der Waals surface area contributed by atoms with Gasteiger partial charge in [0.25, 0.3) is 16.8 Å². The molecule has 2 heterocycles. The van der Waals surface area contributed by atoms with Gasteiger partial charge in [0.1, 0.15) is 0 Å². The number of aromatic nitrogens is 1. The van der Waals surface area contributed by atoms with E-state index in [-0.39, 0.29) is 16.2 Å². The molecule has 0 atom stereocenters. The number of carbonyl (C=O) groups is 3. The van der Waals surface area contributed by atoms with E-state index in [1.807, 2.05) is 0 Å². The number of hydrogen-bond donors (Lipinski definition) is 0. The van der Waals surface area contributed by atoms with Gasteiger partial charge in [0.15, 0.2) is 5.78 Å². The van der Waals surface area contributed by atoms with Gasteiger partial charge in [-0.3, -0.25) is 34.4 Å². The topological polar surface area (TPSA) is 110 Å². The monoisotopic (exact) mass is 369 g/mol. The Morgan fingerprint density at radius 1 is 1.19 bits per heavy atom. The van der Waals surface area contributed by atoms with E-state index in [9.17, 15) is 24.5 Å². The number of ketones is 1. The van der Waals surface area contributed by atoms with Gasteiger partial charge in [0, 0.05) is 23.9 Å². The van der Waals surface area contributed by atoms with Gasteiger partial charge >= 0.3 is 0 Å². The predicted molar refractivity (Wildman–Crippen MR) is 94.3 cm³/mol. The molecule has 1 saturated heterocycles. The van der Waals surface area contributed by atoms with Crippen LogP contribution in [0.15, 0.2) is 53.6 Å². The fourth-order valence-corrected chi connectivity index (χ4v) is 3.06. The van der Waals surface area contributed by atoms with Crippen molar-refractivity contribution >= 4 is 40.5 Å². The fraction of sp³-hybridized carbons (Fsp3) is 0.0588. The average molecular weight is 369 g/mol. The van der Waals surface area contributed by atoms with Crippen LogP contribution in [0, 0.1) is 10.1 Å². The summed E-state index contributed by atoms with van der Waals surface area (Å²) in [6, 6.07) is 10.2. The highest BCUT2D eigenvalue weighted by atomic mass is 32.2. The summed E-state index contributed by atoms with van der Waals surface area (Å²) in [5.41, 5.74) is 0.564. The Morgan fingerprint density at radius 2 is 1.92 bits per heavy atom. The molecule has 0 saturated carbocycles. The highest BCUT2D eigenvalue weighted by Crippen LogP contribution is 2.32. The molecule has 1 aromatic heterocycles. The molecule has 8 nitrogen and oxygen atoms in total. The van der Waals surface area contributed by atoms with Crippen molar-refractivity contribution < 1.29 is 19.3 Å². The number of non-ortho nitro benzene ring substituents is 1. The molecule has 1 fully saturated rings. The Bertz CT molecular complexity index is 925. The molecule has 0 N–H and O–H groups in total. The minimum Gasteiger partial charge on any atom is -0.292 e. The maximum atomic E-state index is 12.4. The lowest BCUT2D eigenvalue weighted by Crippen LogP contribution is -2.33. The van der Waals surface area contributed by atoms with Crippen molar-refractivity contribution in [1.82, 2.24) is 9.88 Å². The van der Waals surface area contributed by atoms with Crippen LogP contribution in [0.4, 0.5) is 10.5 Å². The fourth-order valence-electron chi connectivity index (χ4n) is 2.24. The third kappa shape index (κ3) is 3.67. The largest absolute Gasteiger partial charge is 0.293 e. The molecular weight excluding hydrogens is 358 g/mol. The summed E-state index contributed by atoms with van der Waals surface area (Å²) in [5, 5.41) is 10.1. The zero-order chi connectivity index (χ0) is 18.7. The molecule has 0 bridgehead atoms. The molecule has 1 aliphatic rings. The van der Waals surface area contributed by atoms with Crippen molar-refractivity contribution in [3.05, 3.63) is 74.9 Å². The van der Waals surface area contributed by atoms with Gasteiger partial charge in [-0.25, -0.2) is 0 Å². The van der Waals surface area contributed by atoms with Crippen LogP contribution in [0.25, 0.3) is 6.08 Å². The molecule has 130 valence electrons. The molecule has 3 rings (SSSR count). The summed E-state index contributed by atoms with van der Waals surface area (Å²) in [4.78, 5) is 51.9. The second-order valence-electron chi connectivity index (χ2n) is 5.25.